The van der Waals surface area contributed by atoms with Crippen LogP contribution in [0.1, 0.15) is 44.6 Å². The van der Waals surface area contributed by atoms with E-state index < -0.39 is 6.04 Å². The van der Waals surface area contributed by atoms with Crippen LogP contribution in [0.25, 0.3) is 0 Å². The molecule has 3 fully saturated rings. The molecular weight excluding hydrogens is 326 g/mol. The van der Waals surface area contributed by atoms with Gasteiger partial charge >= 0.3 is 0 Å². The van der Waals surface area contributed by atoms with Gasteiger partial charge in [0, 0.05) is 18.5 Å². The SMILES string of the molecule is CCN(C(=O)CNC(=O)C(C)N)C1C2CCC3CC32C1c1ccccc1. The van der Waals surface area contributed by atoms with E-state index in [2.05, 4.69) is 35.6 Å². The molecule has 5 heteroatoms. The maximum atomic E-state index is 12.9. The minimum absolute atomic E-state index is 0.00591. The largest absolute Gasteiger partial charge is 0.346 e. The minimum atomic E-state index is -0.594. The fourth-order valence-electron chi connectivity index (χ4n) is 5.92. The Hall–Kier alpha value is -1.88. The maximum Gasteiger partial charge on any atom is 0.242 e. The topological polar surface area (TPSA) is 75.4 Å². The summed E-state index contributed by atoms with van der Waals surface area (Å²) < 4.78 is 0. The monoisotopic (exact) mass is 355 g/mol. The number of likely N-dealkylation sites (N-methyl/N-ethyl adjacent to an activating group) is 1. The van der Waals surface area contributed by atoms with E-state index in [9.17, 15) is 9.59 Å². The molecule has 1 aromatic carbocycles. The summed E-state index contributed by atoms with van der Waals surface area (Å²) in [6, 6.07) is 10.3. The molecule has 4 rings (SSSR count). The molecule has 5 nitrogen and oxygen atoms in total. The van der Waals surface area contributed by atoms with Crippen LogP contribution in [0.4, 0.5) is 0 Å². The Kier molecular flexibility index (Phi) is 4.30. The van der Waals surface area contributed by atoms with Crippen molar-refractivity contribution in [2.24, 2.45) is 23.0 Å². The molecule has 0 heterocycles. The van der Waals surface area contributed by atoms with Crippen molar-refractivity contribution < 1.29 is 9.59 Å². The van der Waals surface area contributed by atoms with Gasteiger partial charge in [-0.3, -0.25) is 9.59 Å². The second-order valence-electron chi connectivity index (χ2n) is 8.26. The highest BCUT2D eigenvalue weighted by Gasteiger charge is 2.77. The van der Waals surface area contributed by atoms with Crippen LogP contribution in [-0.2, 0) is 9.59 Å². The molecule has 1 aromatic rings. The average Bonchev–Trinajstić information content (AvgIpc) is 3.30. The first-order valence-electron chi connectivity index (χ1n) is 9.88. The summed E-state index contributed by atoms with van der Waals surface area (Å²) in [5.41, 5.74) is 7.39. The summed E-state index contributed by atoms with van der Waals surface area (Å²) in [4.78, 5) is 26.6. The second-order valence-corrected chi connectivity index (χ2v) is 8.26. The number of carbonyl (C=O) groups is 2. The Labute approximate surface area is 155 Å². The summed E-state index contributed by atoms with van der Waals surface area (Å²) in [7, 11) is 0. The van der Waals surface area contributed by atoms with Crippen LogP contribution in [0.3, 0.4) is 0 Å². The van der Waals surface area contributed by atoms with Crippen molar-refractivity contribution >= 4 is 11.8 Å². The first-order chi connectivity index (χ1) is 12.5. The number of amides is 2. The third-order valence-corrected chi connectivity index (χ3v) is 7.06. The highest BCUT2D eigenvalue weighted by molar-refractivity contribution is 5.87. The Balaban J connectivity index is 1.54. The summed E-state index contributed by atoms with van der Waals surface area (Å²) >= 11 is 0. The summed E-state index contributed by atoms with van der Waals surface area (Å²) in [6.07, 6.45) is 3.85. The van der Waals surface area contributed by atoms with Gasteiger partial charge in [0.2, 0.25) is 11.8 Å². The van der Waals surface area contributed by atoms with E-state index in [0.29, 0.717) is 23.8 Å². The lowest BCUT2D eigenvalue weighted by Gasteiger charge is -2.56. The molecule has 3 aliphatic rings. The van der Waals surface area contributed by atoms with Crippen molar-refractivity contribution in [3.05, 3.63) is 35.9 Å². The summed E-state index contributed by atoms with van der Waals surface area (Å²) in [6.45, 7) is 4.38. The van der Waals surface area contributed by atoms with Crippen LogP contribution >= 0.6 is 0 Å². The third kappa shape index (κ3) is 2.48. The smallest absolute Gasteiger partial charge is 0.242 e. The zero-order valence-electron chi connectivity index (χ0n) is 15.7. The van der Waals surface area contributed by atoms with Crippen LogP contribution in [0.5, 0.6) is 0 Å². The Morgan fingerprint density at radius 2 is 2.04 bits per heavy atom. The molecule has 0 saturated heterocycles. The number of nitrogens with two attached hydrogens (primary N) is 1. The highest BCUT2D eigenvalue weighted by atomic mass is 16.2. The van der Waals surface area contributed by atoms with Crippen LogP contribution in [0, 0.1) is 17.3 Å². The third-order valence-electron chi connectivity index (χ3n) is 7.06. The standard InChI is InChI=1S/C21H29N3O2/c1-3-24(17(25)12-23-20(26)13(2)22)19-16-10-9-15-11-21(15,16)18(19)14-7-5-4-6-8-14/h4-8,13,15-16,18-19H,3,9-12,22H2,1-2H3,(H,23,26). The predicted octanol–water partition coefficient (Wildman–Crippen LogP) is 1.88. The number of nitrogens with zero attached hydrogens (tertiary/aromatic N) is 1. The normalized spacial score (nSPS) is 34.9. The van der Waals surface area contributed by atoms with Gasteiger partial charge in [-0.05, 0) is 55.9 Å². The molecule has 0 aliphatic heterocycles. The van der Waals surface area contributed by atoms with E-state index in [1.54, 1.807) is 6.92 Å². The van der Waals surface area contributed by atoms with Gasteiger partial charge in [0.1, 0.15) is 0 Å². The number of hydrogen-bond donors (Lipinski definition) is 2. The van der Waals surface area contributed by atoms with Crippen LogP contribution in [-0.4, -0.2) is 41.9 Å². The molecule has 0 bridgehead atoms. The van der Waals surface area contributed by atoms with Crippen LogP contribution < -0.4 is 11.1 Å². The lowest BCUT2D eigenvalue weighted by Crippen LogP contribution is -2.61. The predicted molar refractivity (Wildman–Crippen MR) is 100 cm³/mol. The number of nitrogens with one attached hydrogen (secondary N) is 1. The van der Waals surface area contributed by atoms with E-state index in [-0.39, 0.29) is 24.4 Å². The molecule has 3 aliphatic carbocycles. The van der Waals surface area contributed by atoms with E-state index in [1.165, 1.54) is 24.8 Å². The van der Waals surface area contributed by atoms with Crippen molar-refractivity contribution in [2.75, 3.05) is 13.1 Å². The van der Waals surface area contributed by atoms with Gasteiger partial charge in [-0.2, -0.15) is 0 Å². The quantitative estimate of drug-likeness (QED) is 0.818. The van der Waals surface area contributed by atoms with Gasteiger partial charge in [0.15, 0.2) is 0 Å². The number of benzene rings is 1. The molecule has 0 radical (unpaired) electrons. The van der Waals surface area contributed by atoms with Crippen molar-refractivity contribution in [2.45, 2.75) is 51.1 Å². The van der Waals surface area contributed by atoms with Crippen molar-refractivity contribution in [3.63, 3.8) is 0 Å². The number of rotatable bonds is 6. The van der Waals surface area contributed by atoms with Crippen LogP contribution in [0.2, 0.25) is 0 Å². The first-order valence-corrected chi connectivity index (χ1v) is 9.88. The molecular formula is C21H29N3O2. The lowest BCUT2D eigenvalue weighted by molar-refractivity contribution is -0.142. The number of hydrogen-bond acceptors (Lipinski definition) is 3. The molecule has 26 heavy (non-hydrogen) atoms. The Bertz CT molecular complexity index is 704. The molecule has 140 valence electrons. The molecule has 0 aromatic heterocycles. The molecule has 3 saturated carbocycles. The summed E-state index contributed by atoms with van der Waals surface area (Å²) in [5.74, 6) is 1.63. The highest BCUT2D eigenvalue weighted by Crippen LogP contribution is 2.81. The maximum absolute atomic E-state index is 12.9. The first kappa shape index (κ1) is 17.5. The van der Waals surface area contributed by atoms with Gasteiger partial charge in [0.25, 0.3) is 0 Å². The average molecular weight is 355 g/mol. The van der Waals surface area contributed by atoms with E-state index in [4.69, 9.17) is 5.73 Å². The molecule has 6 atom stereocenters. The zero-order chi connectivity index (χ0) is 18.5. The Morgan fingerprint density at radius 3 is 2.65 bits per heavy atom. The van der Waals surface area contributed by atoms with E-state index in [0.717, 1.165) is 5.92 Å². The van der Waals surface area contributed by atoms with Crippen molar-refractivity contribution in [1.29, 1.82) is 0 Å². The molecule has 3 N–H and O–H groups in total. The van der Waals surface area contributed by atoms with Gasteiger partial charge in [-0.15, -0.1) is 0 Å². The van der Waals surface area contributed by atoms with Crippen molar-refractivity contribution in [3.8, 4) is 0 Å². The second kappa shape index (κ2) is 6.38. The molecule has 1 spiro atoms. The van der Waals surface area contributed by atoms with E-state index >= 15 is 0 Å². The Morgan fingerprint density at radius 1 is 1.31 bits per heavy atom. The van der Waals surface area contributed by atoms with Gasteiger partial charge in [-0.1, -0.05) is 30.3 Å². The van der Waals surface area contributed by atoms with Gasteiger partial charge < -0.3 is 16.0 Å². The van der Waals surface area contributed by atoms with Gasteiger partial charge in [0.05, 0.1) is 12.6 Å². The fraction of sp³-hybridized carbons (Fsp3) is 0.619. The summed E-state index contributed by atoms with van der Waals surface area (Å²) in [5, 5.41) is 2.68. The zero-order valence-corrected chi connectivity index (χ0v) is 15.7. The fourth-order valence-corrected chi connectivity index (χ4v) is 5.92. The van der Waals surface area contributed by atoms with Gasteiger partial charge in [-0.25, -0.2) is 0 Å². The molecule has 6 unspecified atom stereocenters. The van der Waals surface area contributed by atoms with Crippen molar-refractivity contribution in [1.82, 2.24) is 10.2 Å². The number of carbonyl (C=O) groups excluding carboxylic acids is 2. The molecule has 2 amide bonds. The lowest BCUT2D eigenvalue weighted by atomic mass is 9.55. The van der Waals surface area contributed by atoms with Crippen LogP contribution in [0.15, 0.2) is 30.3 Å². The minimum Gasteiger partial charge on any atom is -0.346 e. The van der Waals surface area contributed by atoms with E-state index in [1.807, 2.05) is 11.8 Å².